The van der Waals surface area contributed by atoms with Gasteiger partial charge in [-0.2, -0.15) is 33.7 Å². The van der Waals surface area contributed by atoms with Crippen molar-refractivity contribution in [1.29, 1.82) is 0 Å². The predicted octanol–water partition coefficient (Wildman–Crippen LogP) is 0.0930. The molecule has 0 fully saturated rings. The van der Waals surface area contributed by atoms with Crippen LogP contribution in [0.4, 0.5) is 0 Å². The van der Waals surface area contributed by atoms with E-state index in [4.69, 9.17) is 0 Å². The number of nitrogens with zero attached hydrogens (tertiary/aromatic N) is 3. The molecule has 246 valence electrons. The van der Waals surface area contributed by atoms with Crippen molar-refractivity contribution in [3.8, 4) is 68.7 Å². The lowest BCUT2D eigenvalue weighted by atomic mass is 10.1. The van der Waals surface area contributed by atoms with Crippen LogP contribution in [0.15, 0.2) is 49.9 Å². The monoisotopic (exact) mass is 725 g/mol. The molecule has 25 heteroatoms. The van der Waals surface area contributed by atoms with E-state index < -0.39 is 129 Å². The molecule has 4 rings (SSSR count). The topological polar surface area (TPSA) is 378 Å². The largest absolute Gasteiger partial charge is 0.507 e. The number of hydrogen-bond donors (Lipinski definition) is 10. The first-order chi connectivity index (χ1) is 20.8. The van der Waals surface area contributed by atoms with Gasteiger partial charge < -0.3 is 30.6 Å². The number of rotatable bonds is 7. The van der Waals surface area contributed by atoms with Gasteiger partial charge in [0, 0.05) is 12.1 Å². The number of benzene rings is 3. The second-order valence-corrected chi connectivity index (χ2v) is 14.4. The number of hydrogen-bond acceptors (Lipinski definition) is 17. The van der Waals surface area contributed by atoms with Gasteiger partial charge in [-0.3, -0.25) is 18.2 Å². The van der Waals surface area contributed by atoms with E-state index in [2.05, 4.69) is 15.0 Å². The maximum atomic E-state index is 12.0. The number of phenolic OH excluding ortho intramolecular Hbond substituents is 6. The quantitative estimate of drug-likeness (QED) is 0.113. The molecule has 3 aromatic carbocycles. The highest BCUT2D eigenvalue weighted by Crippen LogP contribution is 2.45. The summed E-state index contributed by atoms with van der Waals surface area (Å²) in [6.07, 6.45) is 0. The average molecular weight is 726 g/mol. The Morgan fingerprint density at radius 3 is 1.04 bits per heavy atom. The second kappa shape index (κ2) is 10.9. The van der Waals surface area contributed by atoms with E-state index in [1.54, 1.807) is 0 Å². The third-order valence-corrected chi connectivity index (χ3v) is 9.33. The molecule has 0 amide bonds. The molecule has 0 saturated heterocycles. The lowest BCUT2D eigenvalue weighted by Crippen LogP contribution is -2.08. The van der Waals surface area contributed by atoms with E-state index in [9.17, 15) is 82.5 Å². The van der Waals surface area contributed by atoms with E-state index >= 15 is 0 Å². The van der Waals surface area contributed by atoms with Gasteiger partial charge in [0.05, 0.1) is 16.7 Å². The summed E-state index contributed by atoms with van der Waals surface area (Å²) >= 11 is 0. The fourth-order valence-corrected chi connectivity index (χ4v) is 6.42. The first-order valence-electron chi connectivity index (χ1n) is 11.2. The molecular weight excluding hydrogens is 711 g/mol. The van der Waals surface area contributed by atoms with Crippen LogP contribution in [-0.2, 0) is 40.5 Å². The fraction of sp³-hybridized carbons (Fsp3) is 0. The molecule has 0 aliphatic heterocycles. The van der Waals surface area contributed by atoms with E-state index in [0.29, 0.717) is 24.3 Å². The molecule has 21 nitrogen and oxygen atoms in total. The van der Waals surface area contributed by atoms with E-state index in [1.165, 1.54) is 0 Å². The highest BCUT2D eigenvalue weighted by Gasteiger charge is 2.33. The van der Waals surface area contributed by atoms with Crippen LogP contribution in [0.25, 0.3) is 34.2 Å². The van der Waals surface area contributed by atoms with E-state index in [-0.39, 0.29) is 6.07 Å². The van der Waals surface area contributed by atoms with Crippen molar-refractivity contribution in [1.82, 2.24) is 15.0 Å². The SMILES string of the molecule is O=S(=O)(O)c1cc(-c2nc(-c3cc(S(=O)(=O)O)c(O)cc3O)nc(-c3cc(S(=O)(=O)O)c(O)c(S(=O)(=O)O)c3O)n2)c(O)cc1O. The standard InChI is InChI=1S/C21H15N3O18S4/c25-9-4-11(27)13(43(31,32)33)1-6(9)19-22-20(7-2-14(44(34,35)36)12(28)5-10(7)26)24-21(23-19)8-3-15(45(37,38)39)17(30)18(16(8)29)46(40,41)42/h1-5,25-30H,(H,31,32,33)(H,34,35,36)(H,37,38,39)(H,40,41,42). The number of aromatic nitrogens is 3. The molecule has 0 aliphatic rings. The molecule has 0 radical (unpaired) electrons. The number of aromatic hydroxyl groups is 6. The zero-order chi connectivity index (χ0) is 34.9. The maximum Gasteiger partial charge on any atom is 0.302 e. The van der Waals surface area contributed by atoms with Crippen LogP contribution in [0.3, 0.4) is 0 Å². The van der Waals surface area contributed by atoms with Crippen molar-refractivity contribution in [3.63, 3.8) is 0 Å². The third-order valence-electron chi connectivity index (χ3n) is 5.80. The Labute approximate surface area is 256 Å². The molecule has 4 aromatic rings. The second-order valence-electron chi connectivity index (χ2n) is 8.83. The van der Waals surface area contributed by atoms with Gasteiger partial charge in [0.15, 0.2) is 33.9 Å². The molecule has 1 heterocycles. The van der Waals surface area contributed by atoms with Crippen molar-refractivity contribution < 1.29 is 82.5 Å². The minimum atomic E-state index is -5.74. The summed E-state index contributed by atoms with van der Waals surface area (Å²) in [6, 6.07) is 1.63. The van der Waals surface area contributed by atoms with Crippen molar-refractivity contribution in [2.45, 2.75) is 19.6 Å². The van der Waals surface area contributed by atoms with Gasteiger partial charge in [-0.05, 0) is 18.2 Å². The molecule has 46 heavy (non-hydrogen) atoms. The predicted molar refractivity (Wildman–Crippen MR) is 145 cm³/mol. The van der Waals surface area contributed by atoms with Crippen molar-refractivity contribution in [3.05, 3.63) is 30.3 Å². The Bertz CT molecular complexity index is 2320. The van der Waals surface area contributed by atoms with Crippen LogP contribution in [0, 0.1) is 0 Å². The van der Waals surface area contributed by atoms with Crippen LogP contribution in [0.2, 0.25) is 0 Å². The van der Waals surface area contributed by atoms with Gasteiger partial charge >= 0.3 is 10.1 Å². The molecule has 0 unspecified atom stereocenters. The summed E-state index contributed by atoms with van der Waals surface area (Å²) in [5.74, 6) is -11.2. The molecule has 1 aromatic heterocycles. The summed E-state index contributed by atoms with van der Waals surface area (Å²) in [6.45, 7) is 0. The average Bonchev–Trinajstić information content (AvgIpc) is 2.85. The Hall–Kier alpha value is -4.89. The highest BCUT2D eigenvalue weighted by atomic mass is 32.2. The van der Waals surface area contributed by atoms with Crippen LogP contribution in [-0.4, -0.2) is 97.5 Å². The van der Waals surface area contributed by atoms with E-state index in [0.717, 1.165) is 0 Å². The molecule has 0 saturated carbocycles. The smallest absolute Gasteiger partial charge is 0.302 e. The lowest BCUT2D eigenvalue weighted by molar-refractivity contribution is 0.398. The minimum absolute atomic E-state index is 0.165. The zero-order valence-electron chi connectivity index (χ0n) is 21.6. The summed E-state index contributed by atoms with van der Waals surface area (Å²) in [5, 5.41) is 61.5. The Morgan fingerprint density at radius 2 is 0.717 bits per heavy atom. The Balaban J connectivity index is 2.25. The van der Waals surface area contributed by atoms with Crippen molar-refractivity contribution in [2.75, 3.05) is 0 Å². The molecule has 0 bridgehead atoms. The van der Waals surface area contributed by atoms with Gasteiger partial charge in [-0.15, -0.1) is 0 Å². The molecule has 0 atom stereocenters. The Kier molecular flexibility index (Phi) is 8.04. The van der Waals surface area contributed by atoms with E-state index in [1.807, 2.05) is 0 Å². The van der Waals surface area contributed by atoms with Crippen LogP contribution < -0.4 is 0 Å². The van der Waals surface area contributed by atoms with Crippen LogP contribution in [0.1, 0.15) is 0 Å². The van der Waals surface area contributed by atoms with Crippen LogP contribution in [0.5, 0.6) is 34.5 Å². The number of phenols is 6. The Morgan fingerprint density at radius 1 is 0.391 bits per heavy atom. The minimum Gasteiger partial charge on any atom is -0.507 e. The first-order valence-corrected chi connectivity index (χ1v) is 17.0. The normalized spacial score (nSPS) is 12.7. The highest BCUT2D eigenvalue weighted by molar-refractivity contribution is 7.87. The van der Waals surface area contributed by atoms with Gasteiger partial charge in [0.2, 0.25) is 0 Å². The fourth-order valence-electron chi connectivity index (χ4n) is 3.85. The third kappa shape index (κ3) is 6.28. The summed E-state index contributed by atoms with van der Waals surface area (Å²) < 4.78 is 133. The maximum absolute atomic E-state index is 12.0. The van der Waals surface area contributed by atoms with Crippen molar-refractivity contribution in [2.24, 2.45) is 0 Å². The molecular formula is C21H15N3O18S4. The van der Waals surface area contributed by atoms with Crippen molar-refractivity contribution >= 4 is 40.5 Å². The van der Waals surface area contributed by atoms with Gasteiger partial charge in [0.25, 0.3) is 30.4 Å². The molecule has 0 aliphatic carbocycles. The lowest BCUT2D eigenvalue weighted by Gasteiger charge is -2.15. The first kappa shape index (κ1) is 34.0. The van der Waals surface area contributed by atoms with Crippen LogP contribution >= 0.6 is 0 Å². The molecule has 0 spiro atoms. The van der Waals surface area contributed by atoms with Gasteiger partial charge in [-0.25, -0.2) is 15.0 Å². The summed E-state index contributed by atoms with van der Waals surface area (Å²) in [5.41, 5.74) is -2.87. The zero-order valence-corrected chi connectivity index (χ0v) is 24.9. The molecule has 10 N–H and O–H groups in total. The summed E-state index contributed by atoms with van der Waals surface area (Å²) in [7, 11) is -21.8. The summed E-state index contributed by atoms with van der Waals surface area (Å²) in [4.78, 5) is 5.15. The van der Waals surface area contributed by atoms with Gasteiger partial charge in [0.1, 0.15) is 37.7 Å². The van der Waals surface area contributed by atoms with Gasteiger partial charge in [-0.1, -0.05) is 0 Å².